The van der Waals surface area contributed by atoms with Gasteiger partial charge in [-0.05, 0) is 34.0 Å². The number of hydrogen-bond donors (Lipinski definition) is 0. The van der Waals surface area contributed by atoms with E-state index in [1.165, 1.54) is 6.42 Å². The van der Waals surface area contributed by atoms with Crippen molar-refractivity contribution in [1.82, 2.24) is 0 Å². The highest BCUT2D eigenvalue weighted by atomic mass is 16.6. The maximum Gasteiger partial charge on any atom is 0.318 e. The van der Waals surface area contributed by atoms with Crippen LogP contribution in [-0.2, 0) is 23.9 Å². The van der Waals surface area contributed by atoms with Crippen LogP contribution in [0.3, 0.4) is 0 Å². The van der Waals surface area contributed by atoms with E-state index < -0.39 is 45.9 Å². The molecule has 1 heterocycles. The maximum atomic E-state index is 12.5. The van der Waals surface area contributed by atoms with Crippen molar-refractivity contribution in [3.63, 3.8) is 0 Å². The summed E-state index contributed by atoms with van der Waals surface area (Å²) in [6.45, 7) is 35.2. The fourth-order valence-electron chi connectivity index (χ4n) is 3.58. The third kappa shape index (κ3) is 11.5. The Morgan fingerprint density at radius 3 is 1.43 bits per heavy atom. The summed E-state index contributed by atoms with van der Waals surface area (Å²) >= 11 is 0. The van der Waals surface area contributed by atoms with E-state index in [-0.39, 0.29) is 5.97 Å². The number of cyclic esters (lactones) is 2. The monoisotopic (exact) mass is 498 g/mol. The highest BCUT2D eigenvalue weighted by Gasteiger charge is 2.61. The molecule has 35 heavy (non-hydrogen) atoms. The molecule has 1 rings (SSSR count). The van der Waals surface area contributed by atoms with Crippen LogP contribution >= 0.6 is 0 Å². The predicted molar refractivity (Wildman–Crippen MR) is 146 cm³/mol. The quantitative estimate of drug-likeness (QED) is 0.283. The van der Waals surface area contributed by atoms with Gasteiger partial charge in [-0.1, -0.05) is 117 Å². The van der Waals surface area contributed by atoms with Crippen molar-refractivity contribution in [2.24, 2.45) is 44.8 Å². The van der Waals surface area contributed by atoms with Gasteiger partial charge in [-0.3, -0.25) is 14.4 Å². The molecule has 0 amide bonds. The minimum absolute atomic E-state index is 0.291. The molecule has 5 heteroatoms. The molecule has 5 nitrogen and oxygen atoms in total. The van der Waals surface area contributed by atoms with E-state index >= 15 is 0 Å². The van der Waals surface area contributed by atoms with E-state index in [0.717, 1.165) is 0 Å². The lowest BCUT2D eigenvalue weighted by molar-refractivity contribution is -0.162. The average Bonchev–Trinajstić information content (AvgIpc) is 2.94. The molecule has 0 radical (unpaired) electrons. The van der Waals surface area contributed by atoms with Gasteiger partial charge in [-0.25, -0.2) is 0 Å². The van der Waals surface area contributed by atoms with Crippen molar-refractivity contribution < 1.29 is 23.9 Å². The second kappa shape index (κ2) is 12.7. The minimum atomic E-state index is -0.639. The lowest BCUT2D eigenvalue weighted by Crippen LogP contribution is -2.51. The van der Waals surface area contributed by atoms with Crippen LogP contribution in [0.15, 0.2) is 0 Å². The standard InChI is InChI=1S/C19H32O5.C6H14.C5H12/c1-10-23-14(20)11(2)18(6,7)19(8,9)13-12(17(3,4)5)15(21)24-16(13)22;1-5-6(2,3)4;1-5(2,3)4/h11-13H,10H2,1-9H3;5H2,1-4H3;1-4H3. The van der Waals surface area contributed by atoms with Crippen LogP contribution in [0.1, 0.15) is 124 Å². The normalized spacial score (nSPS) is 20.1. The zero-order valence-corrected chi connectivity index (χ0v) is 26.2. The summed E-state index contributed by atoms with van der Waals surface area (Å²) in [5.74, 6) is -2.80. The van der Waals surface area contributed by atoms with Gasteiger partial charge in [0, 0.05) is 0 Å². The first-order valence-electron chi connectivity index (χ1n) is 13.2. The first-order chi connectivity index (χ1) is 15.3. The molecule has 3 atom stereocenters. The van der Waals surface area contributed by atoms with Crippen LogP contribution in [0, 0.1) is 44.8 Å². The Labute approximate surface area is 217 Å². The zero-order valence-electron chi connectivity index (χ0n) is 26.2. The Morgan fingerprint density at radius 2 is 1.14 bits per heavy atom. The van der Waals surface area contributed by atoms with Crippen LogP contribution in [0.25, 0.3) is 0 Å². The third-order valence-corrected chi connectivity index (χ3v) is 7.20. The summed E-state index contributed by atoms with van der Waals surface area (Å²) in [5, 5.41) is 0. The molecule has 1 aliphatic rings. The summed E-state index contributed by atoms with van der Waals surface area (Å²) in [5.41, 5.74) is -0.578. The van der Waals surface area contributed by atoms with Gasteiger partial charge in [0.05, 0.1) is 24.4 Å². The van der Waals surface area contributed by atoms with Gasteiger partial charge in [-0.2, -0.15) is 0 Å². The van der Waals surface area contributed by atoms with Gasteiger partial charge < -0.3 is 9.47 Å². The van der Waals surface area contributed by atoms with E-state index in [4.69, 9.17) is 9.47 Å². The molecule has 0 bridgehead atoms. The molecule has 0 saturated carbocycles. The molecule has 0 aromatic carbocycles. The second-order valence-electron chi connectivity index (χ2n) is 14.9. The molecule has 3 unspecified atom stereocenters. The van der Waals surface area contributed by atoms with Crippen molar-refractivity contribution >= 4 is 17.9 Å². The first-order valence-corrected chi connectivity index (χ1v) is 13.2. The van der Waals surface area contributed by atoms with Gasteiger partial charge in [0.2, 0.25) is 0 Å². The average molecular weight is 499 g/mol. The molecule has 1 saturated heterocycles. The zero-order chi connectivity index (χ0) is 28.8. The highest BCUT2D eigenvalue weighted by Crippen LogP contribution is 2.56. The summed E-state index contributed by atoms with van der Waals surface area (Å²) < 4.78 is 10.2. The van der Waals surface area contributed by atoms with Gasteiger partial charge in [-0.15, -0.1) is 0 Å². The first kappa shape index (κ1) is 35.8. The van der Waals surface area contributed by atoms with Crippen molar-refractivity contribution in [2.75, 3.05) is 6.61 Å². The Kier molecular flexibility index (Phi) is 13.0. The SMILES string of the molecule is CC(C)(C)C.CCC(C)(C)C.CCOC(=O)C(C)C(C)(C)C(C)(C)C1C(=O)OC(=O)C1C(C)(C)C. The number of esters is 3. The number of ether oxygens (including phenoxy) is 2. The smallest absolute Gasteiger partial charge is 0.318 e. The number of hydrogen-bond acceptors (Lipinski definition) is 5. The van der Waals surface area contributed by atoms with E-state index in [1.807, 2.05) is 55.4 Å². The molecular weight excluding hydrogens is 440 g/mol. The molecule has 208 valence electrons. The van der Waals surface area contributed by atoms with Crippen molar-refractivity contribution in [1.29, 1.82) is 0 Å². The topological polar surface area (TPSA) is 69.7 Å². The predicted octanol–water partition coefficient (Wildman–Crippen LogP) is 8.09. The molecule has 1 fully saturated rings. The Bertz CT molecular complexity index is 690. The van der Waals surface area contributed by atoms with E-state index in [2.05, 4.69) is 55.4 Å². The molecule has 0 aliphatic carbocycles. The van der Waals surface area contributed by atoms with E-state index in [1.54, 1.807) is 6.92 Å². The van der Waals surface area contributed by atoms with Gasteiger partial charge in [0.1, 0.15) is 0 Å². The molecule has 0 spiro atoms. The maximum absolute atomic E-state index is 12.5. The largest absolute Gasteiger partial charge is 0.466 e. The van der Waals surface area contributed by atoms with E-state index in [9.17, 15) is 14.4 Å². The molecule has 0 aromatic rings. The molecule has 0 aromatic heterocycles. The van der Waals surface area contributed by atoms with Gasteiger partial charge in [0.15, 0.2) is 0 Å². The van der Waals surface area contributed by atoms with Crippen molar-refractivity contribution in [2.45, 2.75) is 124 Å². The van der Waals surface area contributed by atoms with E-state index in [0.29, 0.717) is 17.4 Å². The Balaban J connectivity index is 0. The van der Waals surface area contributed by atoms with Crippen LogP contribution in [0.2, 0.25) is 0 Å². The van der Waals surface area contributed by atoms with Crippen LogP contribution in [0.5, 0.6) is 0 Å². The van der Waals surface area contributed by atoms with Gasteiger partial charge >= 0.3 is 17.9 Å². The summed E-state index contributed by atoms with van der Waals surface area (Å²) in [6.07, 6.45) is 1.27. The highest BCUT2D eigenvalue weighted by molar-refractivity contribution is 5.97. The molecule has 0 N–H and O–H groups in total. The Hall–Kier alpha value is -1.39. The third-order valence-electron chi connectivity index (χ3n) is 7.20. The molecular formula is C30H58O5. The van der Waals surface area contributed by atoms with Crippen LogP contribution in [-0.4, -0.2) is 24.5 Å². The summed E-state index contributed by atoms with van der Waals surface area (Å²) in [4.78, 5) is 37.1. The summed E-state index contributed by atoms with van der Waals surface area (Å²) in [7, 11) is 0. The molecule has 1 aliphatic heterocycles. The number of rotatable bonds is 5. The van der Waals surface area contributed by atoms with Crippen molar-refractivity contribution in [3.05, 3.63) is 0 Å². The fourth-order valence-corrected chi connectivity index (χ4v) is 3.58. The van der Waals surface area contributed by atoms with Gasteiger partial charge in [0.25, 0.3) is 0 Å². The second-order valence-corrected chi connectivity index (χ2v) is 14.9. The number of carbonyl (C=O) groups is 3. The number of carbonyl (C=O) groups excluding carboxylic acids is 3. The lowest BCUT2D eigenvalue weighted by atomic mass is 9.52. The summed E-state index contributed by atoms with van der Waals surface area (Å²) in [6, 6.07) is 0. The minimum Gasteiger partial charge on any atom is -0.466 e. The fraction of sp³-hybridized carbons (Fsp3) is 0.900. The van der Waals surface area contributed by atoms with Crippen LogP contribution < -0.4 is 0 Å². The van der Waals surface area contributed by atoms with Crippen LogP contribution in [0.4, 0.5) is 0 Å². The lowest BCUT2D eigenvalue weighted by Gasteiger charge is -2.49. The Morgan fingerprint density at radius 1 is 0.800 bits per heavy atom. The van der Waals surface area contributed by atoms with Crippen molar-refractivity contribution in [3.8, 4) is 0 Å².